The summed E-state index contributed by atoms with van der Waals surface area (Å²) in [5.74, 6) is 0. The molecule has 0 saturated heterocycles. The molecule has 0 aromatic heterocycles. The Balaban J connectivity index is 2.65. The number of rotatable bonds is 0. The van der Waals surface area contributed by atoms with Crippen molar-refractivity contribution in [2.24, 2.45) is 0 Å². The van der Waals surface area contributed by atoms with Gasteiger partial charge in [0.25, 0.3) is 0 Å². The van der Waals surface area contributed by atoms with Crippen LogP contribution in [0.5, 0.6) is 0 Å². The Kier molecular flexibility index (Phi) is 3.09. The molecule has 1 aromatic rings. The fourth-order valence-electron chi connectivity index (χ4n) is 3.59. The van der Waals surface area contributed by atoms with E-state index in [2.05, 4.69) is 81.3 Å². The van der Waals surface area contributed by atoms with E-state index in [1.165, 1.54) is 12.3 Å². The first-order valence-corrected chi connectivity index (χ1v) is 11.4. The summed E-state index contributed by atoms with van der Waals surface area (Å²) in [5.41, 5.74) is 3.13. The van der Waals surface area contributed by atoms with Crippen molar-refractivity contribution >= 4 is 20.8 Å². The monoisotopic (exact) mass is 328 g/mol. The van der Waals surface area contributed by atoms with E-state index < -0.39 is 5.31 Å². The number of benzene rings is 1. The Morgan fingerprint density at radius 2 is 1.17 bits per heavy atom. The molecule has 1 heterocycles. The number of fused-ring (bicyclic) bond motifs is 1. The van der Waals surface area contributed by atoms with E-state index in [1.807, 2.05) is 0 Å². The van der Waals surface area contributed by atoms with E-state index in [4.69, 9.17) is 0 Å². The molecule has 18 heavy (non-hydrogen) atoms. The summed E-state index contributed by atoms with van der Waals surface area (Å²) in [6.45, 7) is 14.6. The summed E-state index contributed by atoms with van der Waals surface area (Å²) < 4.78 is 0. The molecule has 102 valence electrons. The molecular formula is C16H26BrP. The summed E-state index contributed by atoms with van der Waals surface area (Å²) >= 11 is 4.41. The van der Waals surface area contributed by atoms with Gasteiger partial charge in [-0.2, -0.15) is 0 Å². The first kappa shape index (κ1) is 14.5. The first-order chi connectivity index (χ1) is 7.99. The van der Waals surface area contributed by atoms with Crippen LogP contribution in [0.4, 0.5) is 0 Å². The maximum absolute atomic E-state index is 4.41. The fraction of sp³-hybridized carbons (Fsp3) is 0.625. The fourth-order valence-corrected chi connectivity index (χ4v) is 11.3. The van der Waals surface area contributed by atoms with Crippen LogP contribution in [0, 0.1) is 0 Å². The minimum absolute atomic E-state index is 0.322. The molecule has 2 rings (SSSR count). The van der Waals surface area contributed by atoms with Gasteiger partial charge in [0.05, 0.1) is 0 Å². The summed E-state index contributed by atoms with van der Waals surface area (Å²) in [4.78, 5) is 0. The van der Waals surface area contributed by atoms with Gasteiger partial charge in [-0.3, -0.25) is 0 Å². The van der Waals surface area contributed by atoms with Crippen LogP contribution in [0.3, 0.4) is 0 Å². The van der Waals surface area contributed by atoms with Crippen molar-refractivity contribution in [2.45, 2.75) is 64.2 Å². The second-order valence-corrected chi connectivity index (χ2v) is 19.0. The van der Waals surface area contributed by atoms with Gasteiger partial charge in [0.2, 0.25) is 0 Å². The van der Waals surface area contributed by atoms with Crippen LogP contribution in [0.1, 0.15) is 52.7 Å². The normalized spacial score (nSPS) is 24.1. The van der Waals surface area contributed by atoms with Crippen LogP contribution < -0.4 is 0 Å². The average Bonchev–Trinajstić information content (AvgIpc) is 2.51. The van der Waals surface area contributed by atoms with E-state index in [0.717, 1.165) is 0 Å². The molecule has 0 atom stereocenters. The third-order valence-electron chi connectivity index (χ3n) is 5.19. The van der Waals surface area contributed by atoms with Crippen molar-refractivity contribution in [3.8, 4) is 0 Å². The van der Waals surface area contributed by atoms with Crippen LogP contribution in [-0.2, 0) is 12.3 Å². The van der Waals surface area contributed by atoms with Gasteiger partial charge in [-0.05, 0) is 0 Å². The van der Waals surface area contributed by atoms with Crippen LogP contribution in [0.15, 0.2) is 24.3 Å². The first-order valence-electron chi connectivity index (χ1n) is 6.78. The zero-order valence-corrected chi connectivity index (χ0v) is 15.0. The second-order valence-electron chi connectivity index (χ2n) is 7.80. The summed E-state index contributed by atoms with van der Waals surface area (Å²) in [7, 11) is 0. The van der Waals surface area contributed by atoms with Crippen LogP contribution in [0.2, 0.25) is 0 Å². The number of hydrogen-bond acceptors (Lipinski definition) is 0. The zero-order chi connectivity index (χ0) is 13.8. The minimum atomic E-state index is -2.02. The van der Waals surface area contributed by atoms with Gasteiger partial charge in [-0.15, -0.1) is 0 Å². The predicted octanol–water partition coefficient (Wildman–Crippen LogP) is 6.16. The Labute approximate surface area is 120 Å². The summed E-state index contributed by atoms with van der Waals surface area (Å²) in [6, 6.07) is 9.01. The molecule has 2 heteroatoms. The Morgan fingerprint density at radius 3 is 1.44 bits per heavy atom. The third-order valence-corrected chi connectivity index (χ3v) is 21.2. The second kappa shape index (κ2) is 3.83. The summed E-state index contributed by atoms with van der Waals surface area (Å²) in [5, 5.41) is -1.38. The molecule has 0 fully saturated rings. The Hall–Kier alpha value is 0.130. The molecule has 0 saturated carbocycles. The molecule has 0 aliphatic carbocycles. The van der Waals surface area contributed by atoms with Crippen molar-refractivity contribution in [2.75, 3.05) is 0 Å². The quantitative estimate of drug-likeness (QED) is 0.500. The number of halogens is 1. The van der Waals surface area contributed by atoms with Crippen LogP contribution in [0.25, 0.3) is 0 Å². The van der Waals surface area contributed by atoms with Gasteiger partial charge in [0.15, 0.2) is 0 Å². The molecular weight excluding hydrogens is 303 g/mol. The topological polar surface area (TPSA) is 0 Å². The Bertz CT molecular complexity index is 434. The third kappa shape index (κ3) is 1.66. The Morgan fingerprint density at radius 1 is 0.833 bits per heavy atom. The maximum atomic E-state index is 4.41. The van der Waals surface area contributed by atoms with E-state index in [0.29, 0.717) is 10.3 Å². The van der Waals surface area contributed by atoms with E-state index in [9.17, 15) is 0 Å². The van der Waals surface area contributed by atoms with Gasteiger partial charge >= 0.3 is 120 Å². The standard InChI is InChI=1S/C16H26BrP/c1-15(2,3)18(17,16(4,5)6)11-13-9-7-8-10-14(13)12-18/h7-10H,11-12H2,1-6H3. The van der Waals surface area contributed by atoms with Gasteiger partial charge in [-0.1, -0.05) is 0 Å². The van der Waals surface area contributed by atoms with Gasteiger partial charge in [0, 0.05) is 0 Å². The van der Waals surface area contributed by atoms with Crippen molar-refractivity contribution in [3.63, 3.8) is 0 Å². The van der Waals surface area contributed by atoms with E-state index in [-0.39, 0.29) is 0 Å². The zero-order valence-electron chi connectivity index (χ0n) is 12.5. The number of hydrogen-bond donors (Lipinski definition) is 0. The summed E-state index contributed by atoms with van der Waals surface area (Å²) in [6.07, 6.45) is 2.49. The SMILES string of the molecule is CC(C)(C)P1(Br)(C(C)(C)C)Cc2ccccc2C1. The van der Waals surface area contributed by atoms with Crippen LogP contribution in [-0.4, -0.2) is 10.3 Å². The van der Waals surface area contributed by atoms with Crippen molar-refractivity contribution in [1.29, 1.82) is 0 Å². The molecule has 0 unspecified atom stereocenters. The predicted molar refractivity (Wildman–Crippen MR) is 89.2 cm³/mol. The molecule has 1 aliphatic heterocycles. The molecule has 0 spiro atoms. The van der Waals surface area contributed by atoms with Gasteiger partial charge in [0.1, 0.15) is 0 Å². The molecule has 0 amide bonds. The molecule has 0 nitrogen and oxygen atoms in total. The molecule has 1 aliphatic rings. The molecule has 0 radical (unpaired) electrons. The van der Waals surface area contributed by atoms with Gasteiger partial charge < -0.3 is 0 Å². The molecule has 1 aromatic carbocycles. The van der Waals surface area contributed by atoms with Crippen LogP contribution >= 0.6 is 20.8 Å². The average molecular weight is 329 g/mol. The van der Waals surface area contributed by atoms with Crippen molar-refractivity contribution < 1.29 is 0 Å². The van der Waals surface area contributed by atoms with Crippen molar-refractivity contribution in [3.05, 3.63) is 35.4 Å². The molecule has 0 N–H and O–H groups in total. The van der Waals surface area contributed by atoms with E-state index in [1.54, 1.807) is 11.1 Å². The van der Waals surface area contributed by atoms with Crippen molar-refractivity contribution in [1.82, 2.24) is 0 Å². The van der Waals surface area contributed by atoms with E-state index >= 15 is 0 Å². The molecule has 0 bridgehead atoms. The van der Waals surface area contributed by atoms with Gasteiger partial charge in [-0.25, -0.2) is 0 Å².